The minimum Gasteiger partial charge on any atom is -0.452 e. The molecule has 0 radical (unpaired) electrons. The number of hydrogen-bond donors (Lipinski definition) is 1. The third-order valence-electron chi connectivity index (χ3n) is 3.14. The summed E-state index contributed by atoms with van der Waals surface area (Å²) in [6.07, 6.45) is 0.890. The highest BCUT2D eigenvalue weighted by Gasteiger charge is 2.11. The van der Waals surface area contributed by atoms with E-state index >= 15 is 0 Å². The largest absolute Gasteiger partial charge is 0.452 e. The minimum absolute atomic E-state index is 0.331. The summed E-state index contributed by atoms with van der Waals surface area (Å²) in [6, 6.07) is 11.8. The minimum atomic E-state index is -0.544. The number of aryl methyl sites for hydroxylation is 1. The smallest absolute Gasteiger partial charge is 0.338 e. The quantitative estimate of drug-likeness (QED) is 0.814. The van der Waals surface area contributed by atoms with Crippen molar-refractivity contribution in [3.8, 4) is 0 Å². The number of halogens is 2. The van der Waals surface area contributed by atoms with Crippen LogP contribution in [-0.2, 0) is 16.0 Å². The van der Waals surface area contributed by atoms with Gasteiger partial charge < -0.3 is 10.1 Å². The van der Waals surface area contributed by atoms with Crippen LogP contribution in [-0.4, -0.2) is 18.5 Å². The van der Waals surface area contributed by atoms with Gasteiger partial charge in [-0.3, -0.25) is 4.79 Å². The highest BCUT2D eigenvalue weighted by molar-refractivity contribution is 6.42. The summed E-state index contributed by atoms with van der Waals surface area (Å²) in [6.45, 7) is 1.65. The van der Waals surface area contributed by atoms with E-state index in [0.29, 0.717) is 21.3 Å². The van der Waals surface area contributed by atoms with E-state index in [-0.39, 0.29) is 6.61 Å². The van der Waals surface area contributed by atoms with Crippen LogP contribution in [0.4, 0.5) is 5.69 Å². The summed E-state index contributed by atoms with van der Waals surface area (Å²) >= 11 is 11.7. The summed E-state index contributed by atoms with van der Waals surface area (Å²) < 4.78 is 4.98. The van der Waals surface area contributed by atoms with E-state index in [9.17, 15) is 9.59 Å². The molecule has 120 valence electrons. The van der Waals surface area contributed by atoms with Gasteiger partial charge in [-0.05, 0) is 42.3 Å². The van der Waals surface area contributed by atoms with Crippen LogP contribution in [0.2, 0.25) is 10.0 Å². The van der Waals surface area contributed by atoms with Crippen LogP contribution in [0, 0.1) is 0 Å². The molecule has 0 aliphatic rings. The molecule has 2 rings (SSSR count). The Bertz CT molecular complexity index is 714. The van der Waals surface area contributed by atoms with Gasteiger partial charge in [0, 0.05) is 5.69 Å². The molecule has 0 atom stereocenters. The second-order valence-electron chi connectivity index (χ2n) is 4.80. The SMILES string of the molecule is CCc1ccc(C(=O)OCC(=O)Nc2ccc(Cl)c(Cl)c2)cc1. The second-order valence-corrected chi connectivity index (χ2v) is 5.62. The molecular formula is C17H15Cl2NO3. The van der Waals surface area contributed by atoms with Gasteiger partial charge in [0.05, 0.1) is 15.6 Å². The summed E-state index contributed by atoms with van der Waals surface area (Å²) in [5.74, 6) is -1.00. The number of hydrogen-bond acceptors (Lipinski definition) is 3. The van der Waals surface area contributed by atoms with E-state index in [2.05, 4.69) is 5.32 Å². The number of carbonyl (C=O) groups excluding carboxylic acids is 2. The predicted molar refractivity (Wildman–Crippen MR) is 91.2 cm³/mol. The number of ether oxygens (including phenoxy) is 1. The maximum absolute atomic E-state index is 11.9. The van der Waals surface area contributed by atoms with Crippen molar-refractivity contribution in [1.29, 1.82) is 0 Å². The number of carbonyl (C=O) groups is 2. The summed E-state index contributed by atoms with van der Waals surface area (Å²) in [5, 5.41) is 3.30. The highest BCUT2D eigenvalue weighted by Crippen LogP contribution is 2.24. The van der Waals surface area contributed by atoms with Crippen molar-refractivity contribution in [3.05, 3.63) is 63.6 Å². The first-order valence-corrected chi connectivity index (χ1v) is 7.76. The molecule has 0 heterocycles. The average molecular weight is 352 g/mol. The third-order valence-corrected chi connectivity index (χ3v) is 3.87. The molecule has 4 nitrogen and oxygen atoms in total. The van der Waals surface area contributed by atoms with Gasteiger partial charge in [0.25, 0.3) is 5.91 Å². The van der Waals surface area contributed by atoms with Gasteiger partial charge in [-0.1, -0.05) is 42.3 Å². The fourth-order valence-corrected chi connectivity index (χ4v) is 2.16. The monoisotopic (exact) mass is 351 g/mol. The fourth-order valence-electron chi connectivity index (χ4n) is 1.86. The van der Waals surface area contributed by atoms with Gasteiger partial charge in [-0.25, -0.2) is 4.79 Å². The maximum Gasteiger partial charge on any atom is 0.338 e. The van der Waals surface area contributed by atoms with E-state index < -0.39 is 11.9 Å². The highest BCUT2D eigenvalue weighted by atomic mass is 35.5. The van der Waals surface area contributed by atoms with E-state index in [1.807, 2.05) is 19.1 Å². The molecule has 0 aliphatic heterocycles. The molecule has 2 aromatic rings. The Hall–Kier alpha value is -2.04. The summed E-state index contributed by atoms with van der Waals surface area (Å²) in [7, 11) is 0. The lowest BCUT2D eigenvalue weighted by atomic mass is 10.1. The number of esters is 1. The van der Waals surface area contributed by atoms with Crippen molar-refractivity contribution in [2.45, 2.75) is 13.3 Å². The molecule has 1 N–H and O–H groups in total. The number of nitrogens with one attached hydrogen (secondary N) is 1. The normalized spacial score (nSPS) is 10.2. The number of benzene rings is 2. The molecule has 2 aromatic carbocycles. The first kappa shape index (κ1) is 17.3. The molecule has 0 aliphatic carbocycles. The first-order valence-electron chi connectivity index (χ1n) is 7.00. The Kier molecular flexibility index (Phi) is 6.02. The third kappa shape index (κ3) is 4.98. The molecule has 0 spiro atoms. The van der Waals surface area contributed by atoms with Crippen LogP contribution in [0.25, 0.3) is 0 Å². The maximum atomic E-state index is 11.9. The van der Waals surface area contributed by atoms with Crippen molar-refractivity contribution < 1.29 is 14.3 Å². The van der Waals surface area contributed by atoms with Crippen molar-refractivity contribution in [2.75, 3.05) is 11.9 Å². The van der Waals surface area contributed by atoms with Gasteiger partial charge >= 0.3 is 5.97 Å². The van der Waals surface area contributed by atoms with Gasteiger partial charge in [0.1, 0.15) is 0 Å². The molecule has 1 amide bonds. The number of rotatable bonds is 5. The molecule has 0 aromatic heterocycles. The van der Waals surface area contributed by atoms with E-state index in [1.165, 1.54) is 6.07 Å². The van der Waals surface area contributed by atoms with Crippen LogP contribution in [0.15, 0.2) is 42.5 Å². The average Bonchev–Trinajstić information content (AvgIpc) is 2.56. The van der Waals surface area contributed by atoms with Crippen LogP contribution in [0.3, 0.4) is 0 Å². The van der Waals surface area contributed by atoms with Gasteiger partial charge in [0.2, 0.25) is 0 Å². The van der Waals surface area contributed by atoms with Crippen molar-refractivity contribution in [3.63, 3.8) is 0 Å². The Labute approximate surface area is 144 Å². The Morgan fingerprint density at radius 3 is 2.35 bits per heavy atom. The molecule has 23 heavy (non-hydrogen) atoms. The lowest BCUT2D eigenvalue weighted by molar-refractivity contribution is -0.119. The lowest BCUT2D eigenvalue weighted by Gasteiger charge is -2.08. The Morgan fingerprint density at radius 1 is 1.04 bits per heavy atom. The van der Waals surface area contributed by atoms with E-state index in [4.69, 9.17) is 27.9 Å². The second kappa shape index (κ2) is 7.99. The zero-order valence-electron chi connectivity index (χ0n) is 12.4. The van der Waals surface area contributed by atoms with Crippen LogP contribution >= 0.6 is 23.2 Å². The van der Waals surface area contributed by atoms with Crippen LogP contribution in [0.1, 0.15) is 22.8 Å². The van der Waals surface area contributed by atoms with Gasteiger partial charge in [-0.2, -0.15) is 0 Å². The molecule has 0 bridgehead atoms. The molecule has 0 unspecified atom stereocenters. The molecular weight excluding hydrogens is 337 g/mol. The summed E-state index contributed by atoms with van der Waals surface area (Å²) in [4.78, 5) is 23.6. The molecule has 0 saturated heterocycles. The van der Waals surface area contributed by atoms with E-state index in [0.717, 1.165) is 12.0 Å². The Balaban J connectivity index is 1.87. The Morgan fingerprint density at radius 2 is 1.74 bits per heavy atom. The standard InChI is InChI=1S/C17H15Cl2NO3/c1-2-11-3-5-12(6-4-11)17(22)23-10-16(21)20-13-7-8-14(18)15(19)9-13/h3-9H,2,10H2,1H3,(H,20,21). The molecule has 0 saturated carbocycles. The first-order chi connectivity index (χ1) is 11.0. The van der Waals surface area contributed by atoms with Crippen molar-refractivity contribution in [2.24, 2.45) is 0 Å². The van der Waals surface area contributed by atoms with E-state index in [1.54, 1.807) is 24.3 Å². The topological polar surface area (TPSA) is 55.4 Å². The van der Waals surface area contributed by atoms with Gasteiger partial charge in [0.15, 0.2) is 6.61 Å². The lowest BCUT2D eigenvalue weighted by Crippen LogP contribution is -2.20. The fraction of sp³-hybridized carbons (Fsp3) is 0.176. The van der Waals surface area contributed by atoms with Gasteiger partial charge in [-0.15, -0.1) is 0 Å². The van der Waals surface area contributed by atoms with Crippen LogP contribution < -0.4 is 5.32 Å². The van der Waals surface area contributed by atoms with Crippen molar-refractivity contribution in [1.82, 2.24) is 0 Å². The van der Waals surface area contributed by atoms with Crippen LogP contribution in [0.5, 0.6) is 0 Å². The molecule has 0 fully saturated rings. The zero-order chi connectivity index (χ0) is 16.8. The number of amides is 1. The summed E-state index contributed by atoms with van der Waals surface area (Å²) in [5.41, 5.74) is 2.01. The van der Waals surface area contributed by atoms with Crippen molar-refractivity contribution >= 4 is 40.8 Å². The molecule has 6 heteroatoms. The predicted octanol–water partition coefficient (Wildman–Crippen LogP) is 4.35. The number of anilines is 1. The zero-order valence-corrected chi connectivity index (χ0v) is 13.9.